The van der Waals surface area contributed by atoms with Gasteiger partial charge in [-0.15, -0.1) is 0 Å². The molecule has 0 fully saturated rings. The molecule has 0 radical (unpaired) electrons. The summed E-state index contributed by atoms with van der Waals surface area (Å²) in [5, 5.41) is 9.65. The van der Waals surface area contributed by atoms with Crippen LogP contribution in [0.4, 0.5) is 0 Å². The van der Waals surface area contributed by atoms with Crippen LogP contribution in [-0.4, -0.2) is 11.7 Å². The molecular weight excluding hydrogens is 188 g/mol. The Kier molecular flexibility index (Phi) is 3.75. The van der Waals surface area contributed by atoms with Gasteiger partial charge < -0.3 is 9.84 Å². The summed E-state index contributed by atoms with van der Waals surface area (Å²) in [7, 11) is 0. The molecule has 0 spiro atoms. The Morgan fingerprint density at radius 3 is 2.47 bits per heavy atom. The third-order valence-corrected chi connectivity index (χ3v) is 2.41. The normalized spacial score (nSPS) is 11.7. The van der Waals surface area contributed by atoms with E-state index in [1.807, 2.05) is 19.1 Å². The molecule has 0 aliphatic heterocycles. The number of hydrogen-bond donors (Lipinski definition) is 1. The Labute approximate surface area is 91.9 Å². The summed E-state index contributed by atoms with van der Waals surface area (Å²) >= 11 is 0. The largest absolute Gasteiger partial charge is 0.508 e. The Bertz CT molecular complexity index is 324. The fourth-order valence-corrected chi connectivity index (χ4v) is 1.38. The van der Waals surface area contributed by atoms with Crippen molar-refractivity contribution in [1.29, 1.82) is 0 Å². The molecule has 1 N–H and O–H groups in total. The molecule has 84 valence electrons. The highest BCUT2D eigenvalue weighted by atomic mass is 16.5. The summed E-state index contributed by atoms with van der Waals surface area (Å²) in [6.07, 6.45) is 0. The van der Waals surface area contributed by atoms with Gasteiger partial charge in [-0.25, -0.2) is 0 Å². The molecule has 1 aromatic carbocycles. The fraction of sp³-hybridized carbons (Fsp3) is 0.538. The van der Waals surface area contributed by atoms with Crippen molar-refractivity contribution in [3.05, 3.63) is 29.3 Å². The number of ether oxygens (including phenoxy) is 1. The van der Waals surface area contributed by atoms with Gasteiger partial charge in [0.05, 0.1) is 6.61 Å². The molecule has 0 amide bonds. The van der Waals surface area contributed by atoms with E-state index in [-0.39, 0.29) is 5.41 Å². The first-order valence-corrected chi connectivity index (χ1v) is 5.35. The van der Waals surface area contributed by atoms with Gasteiger partial charge in [0.2, 0.25) is 0 Å². The highest BCUT2D eigenvalue weighted by Crippen LogP contribution is 2.27. The number of phenolic OH excluding ortho intramolecular Hbond substituents is 1. The van der Waals surface area contributed by atoms with Crippen molar-refractivity contribution in [2.24, 2.45) is 0 Å². The molecular formula is C13H20O2. The average Bonchev–Trinajstić information content (AvgIpc) is 2.15. The second-order valence-electron chi connectivity index (χ2n) is 4.73. The van der Waals surface area contributed by atoms with Gasteiger partial charge in [0, 0.05) is 12.2 Å². The third kappa shape index (κ3) is 3.24. The van der Waals surface area contributed by atoms with Crippen LogP contribution in [0.3, 0.4) is 0 Å². The molecule has 0 aliphatic rings. The van der Waals surface area contributed by atoms with Crippen molar-refractivity contribution >= 4 is 0 Å². The minimum atomic E-state index is 0.106. The van der Waals surface area contributed by atoms with Gasteiger partial charge in [0.15, 0.2) is 0 Å². The molecule has 0 bridgehead atoms. The van der Waals surface area contributed by atoms with Gasteiger partial charge in [0.1, 0.15) is 5.75 Å². The second-order valence-corrected chi connectivity index (χ2v) is 4.73. The molecule has 0 heterocycles. The minimum Gasteiger partial charge on any atom is -0.508 e. The molecule has 1 rings (SSSR count). The molecule has 1 aromatic rings. The maximum absolute atomic E-state index is 9.65. The van der Waals surface area contributed by atoms with Crippen LogP contribution < -0.4 is 0 Å². The molecule has 0 saturated carbocycles. The van der Waals surface area contributed by atoms with Gasteiger partial charge in [-0.1, -0.05) is 26.8 Å². The number of phenols is 1. The predicted molar refractivity (Wildman–Crippen MR) is 62.1 cm³/mol. The van der Waals surface area contributed by atoms with Crippen molar-refractivity contribution in [1.82, 2.24) is 0 Å². The molecule has 0 unspecified atom stereocenters. The molecule has 0 saturated heterocycles. The van der Waals surface area contributed by atoms with Crippen LogP contribution in [0.25, 0.3) is 0 Å². The summed E-state index contributed by atoms with van der Waals surface area (Å²) in [4.78, 5) is 0. The smallest absolute Gasteiger partial charge is 0.121 e. The molecule has 0 aromatic heterocycles. The Balaban J connectivity index is 2.95. The van der Waals surface area contributed by atoms with Crippen LogP contribution in [0.2, 0.25) is 0 Å². The average molecular weight is 208 g/mol. The van der Waals surface area contributed by atoms with E-state index in [0.717, 1.165) is 5.56 Å². The van der Waals surface area contributed by atoms with E-state index in [4.69, 9.17) is 4.74 Å². The standard InChI is InChI=1S/C13H20O2/c1-5-15-9-10-8-11(13(2,3)4)6-7-12(10)14/h6-8,14H,5,9H2,1-4H3. The minimum absolute atomic E-state index is 0.106. The lowest BCUT2D eigenvalue weighted by Gasteiger charge is -2.20. The van der Waals surface area contributed by atoms with Crippen molar-refractivity contribution in [2.75, 3.05) is 6.61 Å². The van der Waals surface area contributed by atoms with Crippen molar-refractivity contribution in [2.45, 2.75) is 39.7 Å². The van der Waals surface area contributed by atoms with Gasteiger partial charge in [0.25, 0.3) is 0 Å². The van der Waals surface area contributed by atoms with Gasteiger partial charge in [-0.05, 0) is 30.0 Å². The maximum atomic E-state index is 9.65. The summed E-state index contributed by atoms with van der Waals surface area (Å²) < 4.78 is 5.31. The first kappa shape index (κ1) is 12.1. The highest BCUT2D eigenvalue weighted by Gasteiger charge is 2.15. The maximum Gasteiger partial charge on any atom is 0.121 e. The Morgan fingerprint density at radius 2 is 1.93 bits per heavy atom. The van der Waals surface area contributed by atoms with E-state index < -0.39 is 0 Å². The quantitative estimate of drug-likeness (QED) is 0.826. The van der Waals surface area contributed by atoms with Gasteiger partial charge >= 0.3 is 0 Å². The van der Waals surface area contributed by atoms with Crippen molar-refractivity contribution in [3.63, 3.8) is 0 Å². The van der Waals surface area contributed by atoms with Crippen LogP contribution in [0.5, 0.6) is 5.75 Å². The van der Waals surface area contributed by atoms with Crippen LogP contribution >= 0.6 is 0 Å². The Hall–Kier alpha value is -1.02. The zero-order valence-electron chi connectivity index (χ0n) is 10.0. The number of aromatic hydroxyl groups is 1. The van der Waals surface area contributed by atoms with E-state index in [1.165, 1.54) is 5.56 Å². The molecule has 2 nitrogen and oxygen atoms in total. The Morgan fingerprint density at radius 1 is 1.27 bits per heavy atom. The van der Waals surface area contributed by atoms with Gasteiger partial charge in [-0.3, -0.25) is 0 Å². The lowest BCUT2D eigenvalue weighted by Crippen LogP contribution is -2.11. The predicted octanol–water partition coefficient (Wildman–Crippen LogP) is 3.23. The number of rotatable bonds is 3. The van der Waals surface area contributed by atoms with E-state index >= 15 is 0 Å². The van der Waals surface area contributed by atoms with Crippen LogP contribution in [0.15, 0.2) is 18.2 Å². The highest BCUT2D eigenvalue weighted by molar-refractivity contribution is 5.38. The van der Waals surface area contributed by atoms with E-state index in [9.17, 15) is 5.11 Å². The number of benzene rings is 1. The zero-order valence-corrected chi connectivity index (χ0v) is 10.0. The van der Waals surface area contributed by atoms with E-state index in [0.29, 0.717) is 19.0 Å². The third-order valence-electron chi connectivity index (χ3n) is 2.41. The van der Waals surface area contributed by atoms with Crippen LogP contribution in [0.1, 0.15) is 38.8 Å². The summed E-state index contributed by atoms with van der Waals surface area (Å²) in [5.41, 5.74) is 2.19. The lowest BCUT2D eigenvalue weighted by molar-refractivity contribution is 0.132. The lowest BCUT2D eigenvalue weighted by atomic mass is 9.86. The number of hydrogen-bond acceptors (Lipinski definition) is 2. The monoisotopic (exact) mass is 208 g/mol. The van der Waals surface area contributed by atoms with Gasteiger partial charge in [-0.2, -0.15) is 0 Å². The van der Waals surface area contributed by atoms with E-state index in [2.05, 4.69) is 20.8 Å². The first-order valence-electron chi connectivity index (χ1n) is 5.35. The summed E-state index contributed by atoms with van der Waals surface area (Å²) in [6.45, 7) is 9.56. The summed E-state index contributed by atoms with van der Waals surface area (Å²) in [6, 6.07) is 5.73. The molecule has 0 aliphatic carbocycles. The van der Waals surface area contributed by atoms with Crippen molar-refractivity contribution < 1.29 is 9.84 Å². The molecule has 2 heteroatoms. The van der Waals surface area contributed by atoms with Crippen molar-refractivity contribution in [3.8, 4) is 5.75 Å². The first-order chi connectivity index (χ1) is 6.95. The van der Waals surface area contributed by atoms with E-state index in [1.54, 1.807) is 6.07 Å². The molecule has 0 atom stereocenters. The molecule has 15 heavy (non-hydrogen) atoms. The zero-order chi connectivity index (χ0) is 11.5. The fourth-order valence-electron chi connectivity index (χ4n) is 1.38. The van der Waals surface area contributed by atoms with Crippen LogP contribution in [0, 0.1) is 0 Å². The second kappa shape index (κ2) is 4.67. The van der Waals surface area contributed by atoms with Crippen LogP contribution in [-0.2, 0) is 16.8 Å². The SMILES string of the molecule is CCOCc1cc(C(C)(C)C)ccc1O. The topological polar surface area (TPSA) is 29.5 Å². The summed E-state index contributed by atoms with van der Waals surface area (Å²) in [5.74, 6) is 0.316.